The Morgan fingerprint density at radius 3 is 2.80 bits per heavy atom. The number of hydrogen-bond acceptors (Lipinski definition) is 3. The summed E-state index contributed by atoms with van der Waals surface area (Å²) in [5, 5.41) is 3.96. The van der Waals surface area contributed by atoms with Gasteiger partial charge in [0, 0.05) is 17.9 Å². The number of para-hydroxylation sites is 1. The molecule has 0 bridgehead atoms. The molecule has 1 aliphatic carbocycles. The van der Waals surface area contributed by atoms with Crippen molar-refractivity contribution in [1.29, 1.82) is 0 Å². The van der Waals surface area contributed by atoms with Crippen molar-refractivity contribution in [2.75, 3.05) is 12.3 Å². The summed E-state index contributed by atoms with van der Waals surface area (Å²) in [6.45, 7) is 2.94. The minimum absolute atomic E-state index is 0.0988. The van der Waals surface area contributed by atoms with Crippen LogP contribution in [0.1, 0.15) is 50.4 Å². The van der Waals surface area contributed by atoms with Crippen LogP contribution in [0.4, 0.5) is 0 Å². The lowest BCUT2D eigenvalue weighted by Crippen LogP contribution is -2.26. The number of rotatable bonds is 8. The Morgan fingerprint density at radius 2 is 2.00 bits per heavy atom. The van der Waals surface area contributed by atoms with E-state index in [4.69, 9.17) is 4.98 Å². The van der Waals surface area contributed by atoms with Crippen LogP contribution in [0.3, 0.4) is 0 Å². The Hall–Kier alpha value is -1.75. The summed E-state index contributed by atoms with van der Waals surface area (Å²) in [5.74, 6) is 0.524. The maximum atomic E-state index is 12.1. The van der Waals surface area contributed by atoms with Gasteiger partial charge >= 0.3 is 0 Å². The number of amides is 1. The van der Waals surface area contributed by atoms with Crippen LogP contribution in [0.15, 0.2) is 35.5 Å². The van der Waals surface area contributed by atoms with Crippen LogP contribution in [0.25, 0.3) is 5.69 Å². The van der Waals surface area contributed by atoms with Gasteiger partial charge in [0.05, 0.1) is 11.4 Å². The molecule has 1 heterocycles. The predicted octanol–water partition coefficient (Wildman–Crippen LogP) is 4.15. The lowest BCUT2D eigenvalue weighted by molar-refractivity contribution is -0.118. The molecule has 0 fully saturated rings. The van der Waals surface area contributed by atoms with Crippen LogP contribution < -0.4 is 5.32 Å². The number of thioether (sulfide) groups is 1. The summed E-state index contributed by atoms with van der Waals surface area (Å²) in [7, 11) is 0. The standard InChI is InChI=1S/C20H27N3OS/c1-2-3-9-14-21-19(24)15-25-20-22-17-12-7-8-13-18(17)23(20)16-10-5-4-6-11-16/h4-6,10-11H,2-3,7-9,12-15H2,1H3,(H,21,24). The highest BCUT2D eigenvalue weighted by atomic mass is 32.2. The van der Waals surface area contributed by atoms with Crippen molar-refractivity contribution in [3.63, 3.8) is 0 Å². The Kier molecular flexibility index (Phi) is 6.56. The molecule has 0 aliphatic heterocycles. The third-order valence-electron chi connectivity index (χ3n) is 4.55. The normalized spacial score (nSPS) is 13.5. The number of carbonyl (C=O) groups excluding carboxylic acids is 1. The van der Waals surface area contributed by atoms with Gasteiger partial charge in [0.15, 0.2) is 5.16 Å². The van der Waals surface area contributed by atoms with E-state index in [2.05, 4.69) is 41.1 Å². The van der Waals surface area contributed by atoms with E-state index < -0.39 is 0 Å². The molecule has 3 rings (SSSR count). The number of unbranched alkanes of at least 4 members (excludes halogenated alkanes) is 2. The van der Waals surface area contributed by atoms with Crippen LogP contribution in [0, 0.1) is 0 Å². The van der Waals surface area contributed by atoms with Crippen molar-refractivity contribution in [2.24, 2.45) is 0 Å². The van der Waals surface area contributed by atoms with Crippen molar-refractivity contribution >= 4 is 17.7 Å². The molecule has 1 N–H and O–H groups in total. The summed E-state index contributed by atoms with van der Waals surface area (Å²) < 4.78 is 2.25. The zero-order chi connectivity index (χ0) is 17.5. The summed E-state index contributed by atoms with van der Waals surface area (Å²) >= 11 is 1.55. The summed E-state index contributed by atoms with van der Waals surface area (Å²) in [5.41, 5.74) is 3.67. The van der Waals surface area contributed by atoms with Crippen molar-refractivity contribution in [3.05, 3.63) is 41.7 Å². The molecule has 0 atom stereocenters. The van der Waals surface area contributed by atoms with E-state index in [0.29, 0.717) is 5.75 Å². The maximum absolute atomic E-state index is 12.1. The molecule has 2 aromatic rings. The van der Waals surface area contributed by atoms with Gasteiger partial charge in [0.1, 0.15) is 0 Å². The minimum atomic E-state index is 0.0988. The number of nitrogens with zero attached hydrogens (tertiary/aromatic N) is 2. The number of carbonyl (C=O) groups is 1. The highest BCUT2D eigenvalue weighted by Crippen LogP contribution is 2.30. The van der Waals surface area contributed by atoms with Crippen molar-refractivity contribution in [1.82, 2.24) is 14.9 Å². The zero-order valence-corrected chi connectivity index (χ0v) is 15.8. The van der Waals surface area contributed by atoms with Gasteiger partial charge in [-0.05, 0) is 44.2 Å². The average molecular weight is 358 g/mol. The monoisotopic (exact) mass is 357 g/mol. The third kappa shape index (κ3) is 4.66. The molecule has 1 aromatic heterocycles. The summed E-state index contributed by atoms with van der Waals surface area (Å²) in [6.07, 6.45) is 7.93. The molecule has 0 spiro atoms. The summed E-state index contributed by atoms with van der Waals surface area (Å²) in [4.78, 5) is 17.0. The quantitative estimate of drug-likeness (QED) is 0.570. The molecule has 1 aliphatic rings. The number of imidazole rings is 1. The van der Waals surface area contributed by atoms with Gasteiger partial charge in [-0.15, -0.1) is 0 Å². The average Bonchev–Trinajstić information content (AvgIpc) is 3.02. The number of nitrogens with one attached hydrogen (secondary N) is 1. The Balaban J connectivity index is 1.71. The molecule has 0 saturated heterocycles. The number of benzene rings is 1. The van der Waals surface area contributed by atoms with Crippen LogP contribution in [-0.2, 0) is 17.6 Å². The molecule has 0 unspecified atom stereocenters. The number of aryl methyl sites for hydroxylation is 1. The first-order valence-corrected chi connectivity index (χ1v) is 10.3. The molecule has 0 saturated carbocycles. The molecule has 1 aromatic carbocycles. The lowest BCUT2D eigenvalue weighted by atomic mass is 10.0. The van der Waals surface area contributed by atoms with E-state index in [-0.39, 0.29) is 5.91 Å². The maximum Gasteiger partial charge on any atom is 0.230 e. The molecule has 5 heteroatoms. The molecular weight excluding hydrogens is 330 g/mol. The van der Waals surface area contributed by atoms with Crippen molar-refractivity contribution in [3.8, 4) is 5.69 Å². The predicted molar refractivity (Wildman–Crippen MR) is 103 cm³/mol. The second kappa shape index (κ2) is 9.09. The van der Waals surface area contributed by atoms with Gasteiger partial charge in [-0.3, -0.25) is 9.36 Å². The Labute approximate surface area is 154 Å². The number of hydrogen-bond donors (Lipinski definition) is 1. The molecule has 4 nitrogen and oxygen atoms in total. The van der Waals surface area contributed by atoms with E-state index in [1.165, 1.54) is 37.1 Å². The van der Waals surface area contributed by atoms with Crippen LogP contribution in [0.2, 0.25) is 0 Å². The smallest absolute Gasteiger partial charge is 0.230 e. The fourth-order valence-corrected chi connectivity index (χ4v) is 4.12. The van der Waals surface area contributed by atoms with Crippen LogP contribution >= 0.6 is 11.8 Å². The fourth-order valence-electron chi connectivity index (χ4n) is 3.24. The zero-order valence-electron chi connectivity index (χ0n) is 15.0. The first-order chi connectivity index (χ1) is 12.3. The van der Waals surface area contributed by atoms with Crippen molar-refractivity contribution in [2.45, 2.75) is 57.0 Å². The van der Waals surface area contributed by atoms with E-state index in [0.717, 1.165) is 36.7 Å². The molecular formula is C20H27N3OS. The van der Waals surface area contributed by atoms with Gasteiger partial charge in [0.25, 0.3) is 0 Å². The molecule has 134 valence electrons. The first-order valence-electron chi connectivity index (χ1n) is 9.35. The van der Waals surface area contributed by atoms with Gasteiger partial charge in [-0.1, -0.05) is 49.7 Å². The minimum Gasteiger partial charge on any atom is -0.355 e. The van der Waals surface area contributed by atoms with Crippen LogP contribution in [0.5, 0.6) is 0 Å². The van der Waals surface area contributed by atoms with E-state index >= 15 is 0 Å². The molecule has 0 radical (unpaired) electrons. The highest BCUT2D eigenvalue weighted by molar-refractivity contribution is 7.99. The topological polar surface area (TPSA) is 46.9 Å². The van der Waals surface area contributed by atoms with Gasteiger partial charge in [0.2, 0.25) is 5.91 Å². The Morgan fingerprint density at radius 1 is 1.20 bits per heavy atom. The first kappa shape index (κ1) is 18.1. The van der Waals surface area contributed by atoms with Gasteiger partial charge in [-0.25, -0.2) is 4.98 Å². The second-order valence-corrected chi connectivity index (χ2v) is 7.45. The van der Waals surface area contributed by atoms with E-state index in [9.17, 15) is 4.79 Å². The van der Waals surface area contributed by atoms with Gasteiger partial charge < -0.3 is 5.32 Å². The third-order valence-corrected chi connectivity index (χ3v) is 5.49. The molecule has 25 heavy (non-hydrogen) atoms. The largest absolute Gasteiger partial charge is 0.355 e. The highest BCUT2D eigenvalue weighted by Gasteiger charge is 2.21. The SMILES string of the molecule is CCCCCNC(=O)CSc1nc2c(n1-c1ccccc1)CCCC2. The Bertz CT molecular complexity index is 696. The van der Waals surface area contributed by atoms with E-state index in [1.54, 1.807) is 11.8 Å². The van der Waals surface area contributed by atoms with Crippen molar-refractivity contribution < 1.29 is 4.79 Å². The summed E-state index contributed by atoms with van der Waals surface area (Å²) in [6, 6.07) is 10.4. The van der Waals surface area contributed by atoms with Gasteiger partial charge in [-0.2, -0.15) is 0 Å². The molecule has 1 amide bonds. The number of aromatic nitrogens is 2. The lowest BCUT2D eigenvalue weighted by Gasteiger charge is -2.15. The van der Waals surface area contributed by atoms with E-state index in [1.807, 2.05) is 6.07 Å². The number of fused-ring (bicyclic) bond motifs is 1. The van der Waals surface area contributed by atoms with Crippen LogP contribution in [-0.4, -0.2) is 27.8 Å². The fraction of sp³-hybridized carbons (Fsp3) is 0.500. The second-order valence-electron chi connectivity index (χ2n) is 6.51.